The molecular weight excluding hydrogens is 330 g/mol. The maximum atomic E-state index is 12.4. The van der Waals surface area contributed by atoms with Crippen LogP contribution in [0, 0.1) is 0 Å². The van der Waals surface area contributed by atoms with Gasteiger partial charge < -0.3 is 10.2 Å². The van der Waals surface area contributed by atoms with E-state index in [-0.39, 0.29) is 18.0 Å². The Labute approximate surface area is 150 Å². The first kappa shape index (κ1) is 16.3. The van der Waals surface area contributed by atoms with Gasteiger partial charge in [0.15, 0.2) is 0 Å². The van der Waals surface area contributed by atoms with Gasteiger partial charge in [-0.3, -0.25) is 14.2 Å². The molecule has 0 atom stereocenters. The Balaban J connectivity index is 1.49. The summed E-state index contributed by atoms with van der Waals surface area (Å²) < 4.78 is 1.41. The van der Waals surface area contributed by atoms with Crippen molar-refractivity contribution in [2.24, 2.45) is 0 Å². The third-order valence-corrected chi connectivity index (χ3v) is 4.54. The summed E-state index contributed by atoms with van der Waals surface area (Å²) in [5, 5.41) is 2.75. The highest BCUT2D eigenvalue weighted by atomic mass is 16.2. The number of hydrogen-bond acceptors (Lipinski definition) is 5. The molecule has 1 aliphatic rings. The van der Waals surface area contributed by atoms with E-state index in [9.17, 15) is 9.59 Å². The number of amides is 1. The molecule has 1 fully saturated rings. The highest BCUT2D eigenvalue weighted by molar-refractivity contribution is 5.90. The predicted octanol–water partition coefficient (Wildman–Crippen LogP) is 2.03. The molecule has 2 aromatic heterocycles. The van der Waals surface area contributed by atoms with Gasteiger partial charge in [-0.25, -0.2) is 9.97 Å². The predicted molar refractivity (Wildman–Crippen MR) is 100 cm³/mol. The van der Waals surface area contributed by atoms with Gasteiger partial charge in [0.1, 0.15) is 12.4 Å². The molecule has 7 nitrogen and oxygen atoms in total. The minimum atomic E-state index is -0.309. The number of benzene rings is 1. The third kappa shape index (κ3) is 3.28. The average Bonchev–Trinajstić information content (AvgIpc) is 3.19. The van der Waals surface area contributed by atoms with Gasteiger partial charge in [-0.2, -0.15) is 0 Å². The molecule has 0 spiro atoms. The smallest absolute Gasteiger partial charge is 0.269 e. The SMILES string of the molecule is O=C(Cn1c(=O)cnc2ccccc21)Nc1ccc(N2CCCC2)cn1. The van der Waals surface area contributed by atoms with Crippen molar-refractivity contribution in [1.29, 1.82) is 0 Å². The van der Waals surface area contributed by atoms with Crippen LogP contribution in [0.15, 0.2) is 53.6 Å². The van der Waals surface area contributed by atoms with E-state index in [1.807, 2.05) is 24.3 Å². The number of nitrogens with one attached hydrogen (secondary N) is 1. The van der Waals surface area contributed by atoms with E-state index in [1.54, 1.807) is 18.3 Å². The van der Waals surface area contributed by atoms with Crippen LogP contribution >= 0.6 is 0 Å². The molecule has 0 radical (unpaired) electrons. The molecule has 1 aliphatic heterocycles. The molecule has 132 valence electrons. The molecule has 1 aromatic carbocycles. The number of para-hydroxylation sites is 2. The lowest BCUT2D eigenvalue weighted by Crippen LogP contribution is -2.28. The standard InChI is InChI=1S/C19H19N5O2/c25-18(13-24-16-6-2-1-5-15(16)20-12-19(24)26)22-17-8-7-14(11-21-17)23-9-3-4-10-23/h1-2,5-8,11-12H,3-4,9-10,13H2,(H,21,22,25). The normalized spacial score (nSPS) is 13.9. The van der Waals surface area contributed by atoms with E-state index in [4.69, 9.17) is 0 Å². The van der Waals surface area contributed by atoms with E-state index in [0.29, 0.717) is 16.9 Å². The van der Waals surface area contributed by atoms with Crippen LogP contribution in [-0.2, 0) is 11.3 Å². The Hall–Kier alpha value is -3.22. The van der Waals surface area contributed by atoms with Crippen molar-refractivity contribution in [3.05, 3.63) is 59.1 Å². The summed E-state index contributed by atoms with van der Waals surface area (Å²) in [6, 6.07) is 11.0. The number of rotatable bonds is 4. The fraction of sp³-hybridized carbons (Fsp3) is 0.263. The maximum Gasteiger partial charge on any atom is 0.269 e. The first-order valence-electron chi connectivity index (χ1n) is 8.66. The van der Waals surface area contributed by atoms with Gasteiger partial charge in [0.2, 0.25) is 5.91 Å². The monoisotopic (exact) mass is 349 g/mol. The van der Waals surface area contributed by atoms with Crippen molar-refractivity contribution in [1.82, 2.24) is 14.5 Å². The zero-order valence-corrected chi connectivity index (χ0v) is 14.3. The zero-order chi connectivity index (χ0) is 17.9. The minimum Gasteiger partial charge on any atom is -0.370 e. The van der Waals surface area contributed by atoms with Gasteiger partial charge in [-0.1, -0.05) is 12.1 Å². The van der Waals surface area contributed by atoms with E-state index >= 15 is 0 Å². The molecule has 1 saturated heterocycles. The van der Waals surface area contributed by atoms with Crippen LogP contribution in [-0.4, -0.2) is 33.5 Å². The van der Waals surface area contributed by atoms with Crippen molar-refractivity contribution < 1.29 is 4.79 Å². The highest BCUT2D eigenvalue weighted by Crippen LogP contribution is 2.20. The van der Waals surface area contributed by atoms with Crippen molar-refractivity contribution in [2.75, 3.05) is 23.3 Å². The van der Waals surface area contributed by atoms with Crippen LogP contribution in [0.2, 0.25) is 0 Å². The number of pyridine rings is 1. The summed E-state index contributed by atoms with van der Waals surface area (Å²) in [6.07, 6.45) is 5.41. The van der Waals surface area contributed by atoms with Crippen LogP contribution in [0.25, 0.3) is 11.0 Å². The lowest BCUT2D eigenvalue weighted by Gasteiger charge is -2.17. The molecular formula is C19H19N5O2. The second-order valence-electron chi connectivity index (χ2n) is 6.32. The van der Waals surface area contributed by atoms with Gasteiger partial charge in [0, 0.05) is 13.1 Å². The largest absolute Gasteiger partial charge is 0.370 e. The summed E-state index contributed by atoms with van der Waals surface area (Å²) >= 11 is 0. The summed E-state index contributed by atoms with van der Waals surface area (Å²) in [4.78, 5) is 35.2. The summed E-state index contributed by atoms with van der Waals surface area (Å²) in [5.74, 6) is 0.175. The molecule has 0 unspecified atom stereocenters. The summed E-state index contributed by atoms with van der Waals surface area (Å²) in [5.41, 5.74) is 2.06. The molecule has 3 aromatic rings. The van der Waals surface area contributed by atoms with Crippen LogP contribution in [0.3, 0.4) is 0 Å². The minimum absolute atomic E-state index is 0.0859. The number of aromatic nitrogens is 3. The number of nitrogens with zero attached hydrogens (tertiary/aromatic N) is 4. The molecule has 1 N–H and O–H groups in total. The number of carbonyl (C=O) groups excluding carboxylic acids is 1. The summed E-state index contributed by atoms with van der Waals surface area (Å²) in [6.45, 7) is 2.01. The van der Waals surface area contributed by atoms with Gasteiger partial charge in [0.25, 0.3) is 5.56 Å². The number of anilines is 2. The second kappa shape index (κ2) is 6.95. The van der Waals surface area contributed by atoms with Crippen molar-refractivity contribution in [2.45, 2.75) is 19.4 Å². The first-order valence-corrected chi connectivity index (χ1v) is 8.66. The van der Waals surface area contributed by atoms with Crippen LogP contribution < -0.4 is 15.8 Å². The Morgan fingerprint density at radius 3 is 2.62 bits per heavy atom. The topological polar surface area (TPSA) is 80.1 Å². The van der Waals surface area contributed by atoms with E-state index in [0.717, 1.165) is 18.8 Å². The Kier molecular flexibility index (Phi) is 4.35. The number of hydrogen-bond donors (Lipinski definition) is 1. The van der Waals surface area contributed by atoms with E-state index in [2.05, 4.69) is 20.2 Å². The fourth-order valence-electron chi connectivity index (χ4n) is 3.23. The van der Waals surface area contributed by atoms with Gasteiger partial charge >= 0.3 is 0 Å². The quantitative estimate of drug-likeness (QED) is 0.780. The molecule has 0 aliphatic carbocycles. The Morgan fingerprint density at radius 2 is 1.85 bits per heavy atom. The Bertz CT molecular complexity index is 991. The van der Waals surface area contributed by atoms with Crippen LogP contribution in [0.5, 0.6) is 0 Å². The molecule has 7 heteroatoms. The van der Waals surface area contributed by atoms with Crippen molar-refractivity contribution >= 4 is 28.4 Å². The molecule has 3 heterocycles. The Morgan fingerprint density at radius 1 is 1.04 bits per heavy atom. The number of fused-ring (bicyclic) bond motifs is 1. The van der Waals surface area contributed by atoms with Crippen molar-refractivity contribution in [3.8, 4) is 0 Å². The molecule has 0 saturated carbocycles. The maximum absolute atomic E-state index is 12.4. The lowest BCUT2D eigenvalue weighted by molar-refractivity contribution is -0.116. The highest BCUT2D eigenvalue weighted by Gasteiger charge is 2.13. The van der Waals surface area contributed by atoms with Crippen molar-refractivity contribution in [3.63, 3.8) is 0 Å². The molecule has 4 rings (SSSR count). The summed E-state index contributed by atoms with van der Waals surface area (Å²) in [7, 11) is 0. The van der Waals surface area contributed by atoms with Gasteiger partial charge in [-0.05, 0) is 37.1 Å². The zero-order valence-electron chi connectivity index (χ0n) is 14.3. The van der Waals surface area contributed by atoms with Gasteiger partial charge in [-0.15, -0.1) is 0 Å². The van der Waals surface area contributed by atoms with E-state index < -0.39 is 0 Å². The van der Waals surface area contributed by atoms with Crippen LogP contribution in [0.1, 0.15) is 12.8 Å². The van der Waals surface area contributed by atoms with Crippen LogP contribution in [0.4, 0.5) is 11.5 Å². The lowest BCUT2D eigenvalue weighted by atomic mass is 10.3. The third-order valence-electron chi connectivity index (χ3n) is 4.54. The molecule has 26 heavy (non-hydrogen) atoms. The second-order valence-corrected chi connectivity index (χ2v) is 6.32. The number of carbonyl (C=O) groups is 1. The average molecular weight is 349 g/mol. The first-order chi connectivity index (χ1) is 12.7. The van der Waals surface area contributed by atoms with E-state index in [1.165, 1.54) is 23.6 Å². The molecule has 1 amide bonds. The fourth-order valence-corrected chi connectivity index (χ4v) is 3.23. The van der Waals surface area contributed by atoms with Gasteiger partial charge in [0.05, 0.1) is 29.1 Å². The molecule has 0 bridgehead atoms.